The van der Waals surface area contributed by atoms with Crippen LogP contribution in [0.4, 0.5) is 0 Å². The van der Waals surface area contributed by atoms with Crippen molar-refractivity contribution in [2.45, 2.75) is 44.9 Å². The first-order valence-corrected chi connectivity index (χ1v) is 6.62. The second-order valence-corrected chi connectivity index (χ2v) is 4.99. The van der Waals surface area contributed by atoms with Crippen LogP contribution < -0.4 is 5.32 Å². The van der Waals surface area contributed by atoms with Gasteiger partial charge in [0.1, 0.15) is 0 Å². The summed E-state index contributed by atoms with van der Waals surface area (Å²) in [5, 5.41) is 3.07. The highest BCUT2D eigenvalue weighted by molar-refractivity contribution is 5.75. The van der Waals surface area contributed by atoms with E-state index in [4.69, 9.17) is 0 Å². The van der Waals surface area contributed by atoms with Crippen LogP contribution in [0.25, 0.3) is 0 Å². The maximum Gasteiger partial charge on any atom is 0.222 e. The molecular formula is C13H26N2O. The lowest BCUT2D eigenvalue weighted by molar-refractivity contribution is -0.130. The van der Waals surface area contributed by atoms with Gasteiger partial charge in [-0.2, -0.15) is 0 Å². The van der Waals surface area contributed by atoms with Crippen LogP contribution in [0.5, 0.6) is 0 Å². The molecule has 3 nitrogen and oxygen atoms in total. The summed E-state index contributed by atoms with van der Waals surface area (Å²) >= 11 is 0. The molecule has 0 aliphatic heterocycles. The van der Waals surface area contributed by atoms with E-state index in [1.54, 1.807) is 0 Å². The quantitative estimate of drug-likeness (QED) is 0.703. The molecule has 1 amide bonds. The lowest BCUT2D eigenvalue weighted by Gasteiger charge is -2.27. The largest absolute Gasteiger partial charge is 0.345 e. The number of hydrogen-bond acceptors (Lipinski definition) is 2. The van der Waals surface area contributed by atoms with E-state index in [2.05, 4.69) is 5.32 Å². The molecule has 1 N–H and O–H groups in total. The Morgan fingerprint density at radius 1 is 1.31 bits per heavy atom. The van der Waals surface area contributed by atoms with Gasteiger partial charge in [-0.15, -0.1) is 0 Å². The Balaban J connectivity index is 2.16. The average molecular weight is 226 g/mol. The summed E-state index contributed by atoms with van der Waals surface area (Å²) in [5.74, 6) is 1.06. The molecule has 0 bridgehead atoms. The van der Waals surface area contributed by atoms with Gasteiger partial charge in [0.25, 0.3) is 0 Å². The molecule has 3 heteroatoms. The fourth-order valence-electron chi connectivity index (χ4n) is 2.47. The number of carbonyl (C=O) groups is 1. The monoisotopic (exact) mass is 226 g/mol. The van der Waals surface area contributed by atoms with Crippen molar-refractivity contribution in [3.05, 3.63) is 0 Å². The first-order chi connectivity index (χ1) is 7.74. The lowest BCUT2D eigenvalue weighted by atomic mass is 9.89. The molecule has 1 rings (SSSR count). The van der Waals surface area contributed by atoms with Gasteiger partial charge < -0.3 is 10.2 Å². The fourth-order valence-corrected chi connectivity index (χ4v) is 2.47. The van der Waals surface area contributed by atoms with Gasteiger partial charge in [-0.05, 0) is 38.8 Å². The zero-order valence-corrected chi connectivity index (χ0v) is 10.8. The third-order valence-corrected chi connectivity index (χ3v) is 3.50. The summed E-state index contributed by atoms with van der Waals surface area (Å²) in [7, 11) is 3.88. The van der Waals surface area contributed by atoms with E-state index in [-0.39, 0.29) is 0 Å². The summed E-state index contributed by atoms with van der Waals surface area (Å²) in [6.45, 7) is 1.90. The van der Waals surface area contributed by atoms with Crippen molar-refractivity contribution in [2.75, 3.05) is 27.2 Å². The van der Waals surface area contributed by atoms with Gasteiger partial charge in [0.05, 0.1) is 0 Å². The molecule has 0 spiro atoms. The molecule has 16 heavy (non-hydrogen) atoms. The minimum absolute atomic E-state index is 0.306. The third kappa shape index (κ3) is 4.97. The smallest absolute Gasteiger partial charge is 0.222 e. The Labute approximate surface area is 99.6 Å². The van der Waals surface area contributed by atoms with E-state index in [9.17, 15) is 4.79 Å². The molecule has 1 saturated carbocycles. The summed E-state index contributed by atoms with van der Waals surface area (Å²) < 4.78 is 0. The summed E-state index contributed by atoms with van der Waals surface area (Å²) in [4.78, 5) is 13.7. The maximum atomic E-state index is 11.8. The zero-order valence-electron chi connectivity index (χ0n) is 10.8. The highest BCUT2D eigenvalue weighted by atomic mass is 16.2. The van der Waals surface area contributed by atoms with Crippen molar-refractivity contribution < 1.29 is 4.79 Å². The van der Waals surface area contributed by atoms with E-state index in [1.165, 1.54) is 32.1 Å². The summed E-state index contributed by atoms with van der Waals surface area (Å²) in [6.07, 6.45) is 8.35. The van der Waals surface area contributed by atoms with E-state index in [1.807, 2.05) is 19.0 Å². The molecule has 0 aromatic rings. The van der Waals surface area contributed by atoms with Gasteiger partial charge in [0.2, 0.25) is 5.91 Å². The van der Waals surface area contributed by atoms with Gasteiger partial charge in [-0.1, -0.05) is 19.3 Å². The van der Waals surface area contributed by atoms with Crippen LogP contribution >= 0.6 is 0 Å². The van der Waals surface area contributed by atoms with Crippen LogP contribution in [0.1, 0.15) is 44.9 Å². The first-order valence-electron chi connectivity index (χ1n) is 6.62. The topological polar surface area (TPSA) is 32.3 Å². The van der Waals surface area contributed by atoms with Crippen molar-refractivity contribution in [1.82, 2.24) is 10.2 Å². The molecule has 94 valence electrons. The predicted octanol–water partition coefficient (Wildman–Crippen LogP) is 2.02. The minimum Gasteiger partial charge on any atom is -0.345 e. The second kappa shape index (κ2) is 7.66. The van der Waals surface area contributed by atoms with Crippen molar-refractivity contribution >= 4 is 5.91 Å². The predicted molar refractivity (Wildman–Crippen MR) is 67.4 cm³/mol. The molecule has 1 aliphatic carbocycles. The number of nitrogens with zero attached hydrogens (tertiary/aromatic N) is 1. The van der Waals surface area contributed by atoms with Crippen LogP contribution in [0.3, 0.4) is 0 Å². The Hall–Kier alpha value is -0.570. The van der Waals surface area contributed by atoms with Crippen LogP contribution in [0, 0.1) is 5.92 Å². The molecule has 0 atom stereocenters. The van der Waals surface area contributed by atoms with Crippen molar-refractivity contribution in [2.24, 2.45) is 5.92 Å². The van der Waals surface area contributed by atoms with Crippen molar-refractivity contribution in [3.8, 4) is 0 Å². The molecule has 0 unspecified atom stereocenters. The Bertz CT molecular complexity index is 200. The highest BCUT2D eigenvalue weighted by Crippen LogP contribution is 2.24. The number of nitrogens with one attached hydrogen (secondary N) is 1. The van der Waals surface area contributed by atoms with Crippen LogP contribution in [-0.2, 0) is 4.79 Å². The molecule has 1 aliphatic rings. The maximum absolute atomic E-state index is 11.8. The lowest BCUT2D eigenvalue weighted by Crippen LogP contribution is -2.32. The molecule has 0 radical (unpaired) electrons. The molecular weight excluding hydrogens is 200 g/mol. The van der Waals surface area contributed by atoms with Gasteiger partial charge in [0, 0.05) is 20.0 Å². The van der Waals surface area contributed by atoms with Crippen molar-refractivity contribution in [1.29, 1.82) is 0 Å². The minimum atomic E-state index is 0.306. The van der Waals surface area contributed by atoms with Gasteiger partial charge in [-0.3, -0.25) is 4.79 Å². The molecule has 0 heterocycles. The third-order valence-electron chi connectivity index (χ3n) is 3.50. The molecule has 1 fully saturated rings. The van der Waals surface area contributed by atoms with Gasteiger partial charge in [0.15, 0.2) is 0 Å². The van der Waals surface area contributed by atoms with Crippen LogP contribution in [0.15, 0.2) is 0 Å². The molecule has 0 aromatic heterocycles. The normalized spacial score (nSPS) is 17.4. The Morgan fingerprint density at radius 2 is 2.00 bits per heavy atom. The summed E-state index contributed by atoms with van der Waals surface area (Å²) in [5.41, 5.74) is 0. The average Bonchev–Trinajstić information content (AvgIpc) is 2.30. The van der Waals surface area contributed by atoms with Crippen molar-refractivity contribution in [3.63, 3.8) is 0 Å². The van der Waals surface area contributed by atoms with Gasteiger partial charge >= 0.3 is 0 Å². The standard InChI is InChI=1S/C13H26N2O/c1-14-10-6-9-13(16)15(2)11-12-7-4-3-5-8-12/h12,14H,3-11H2,1-2H3. The number of carbonyl (C=O) groups excluding carboxylic acids is 1. The zero-order chi connectivity index (χ0) is 11.8. The first kappa shape index (κ1) is 13.5. The Morgan fingerprint density at radius 3 is 2.62 bits per heavy atom. The van der Waals surface area contributed by atoms with Crippen LogP contribution in [0.2, 0.25) is 0 Å². The van der Waals surface area contributed by atoms with Gasteiger partial charge in [-0.25, -0.2) is 0 Å². The molecule has 0 saturated heterocycles. The summed E-state index contributed by atoms with van der Waals surface area (Å²) in [6, 6.07) is 0. The van der Waals surface area contributed by atoms with E-state index < -0.39 is 0 Å². The number of rotatable bonds is 6. The van der Waals surface area contributed by atoms with Crippen LogP contribution in [-0.4, -0.2) is 38.0 Å². The number of hydrogen-bond donors (Lipinski definition) is 1. The Kier molecular flexibility index (Phi) is 6.46. The van der Waals surface area contributed by atoms with E-state index in [0.717, 1.165) is 25.4 Å². The highest BCUT2D eigenvalue weighted by Gasteiger charge is 2.17. The number of amides is 1. The SMILES string of the molecule is CNCCCC(=O)N(C)CC1CCCCC1. The fraction of sp³-hybridized carbons (Fsp3) is 0.923. The van der Waals surface area contributed by atoms with E-state index >= 15 is 0 Å². The van der Waals surface area contributed by atoms with E-state index in [0.29, 0.717) is 12.3 Å². The second-order valence-electron chi connectivity index (χ2n) is 4.99. The molecule has 0 aromatic carbocycles.